The van der Waals surface area contributed by atoms with Crippen molar-refractivity contribution in [1.29, 1.82) is 0 Å². The summed E-state index contributed by atoms with van der Waals surface area (Å²) in [6, 6.07) is 19.4. The van der Waals surface area contributed by atoms with Gasteiger partial charge in [-0.2, -0.15) is 0 Å². The molecule has 4 aromatic rings. The lowest BCUT2D eigenvalue weighted by Gasteiger charge is -2.09. The van der Waals surface area contributed by atoms with Gasteiger partial charge in [0.15, 0.2) is 5.82 Å². The molecule has 0 amide bonds. The first-order chi connectivity index (χ1) is 14.0. The molecular formula is C22H18FN5O. The second kappa shape index (κ2) is 8.02. The molecule has 2 aromatic heterocycles. The minimum atomic E-state index is -0.284. The molecule has 0 aliphatic rings. The van der Waals surface area contributed by atoms with Crippen LogP contribution in [0.15, 0.2) is 66.7 Å². The van der Waals surface area contributed by atoms with Gasteiger partial charge in [0.2, 0.25) is 0 Å². The number of hydrogen-bond donors (Lipinski definition) is 1. The Bertz CT molecular complexity index is 1110. The number of ether oxygens (including phenoxy) is 1. The highest BCUT2D eigenvalue weighted by atomic mass is 19.1. The van der Waals surface area contributed by atoms with E-state index in [1.165, 1.54) is 12.1 Å². The first kappa shape index (κ1) is 18.5. The SMILES string of the molecule is Cc1cc(C)nc(Oc2cccc(Nc3ccc(-c4ccc(F)cc4)nn3)c2)n1. The average molecular weight is 387 g/mol. The minimum absolute atomic E-state index is 0.284. The number of aromatic nitrogens is 4. The Kier molecular flexibility index (Phi) is 5.11. The first-order valence-electron chi connectivity index (χ1n) is 9.02. The molecule has 0 unspecified atom stereocenters. The molecule has 4 rings (SSSR count). The van der Waals surface area contributed by atoms with Crippen molar-refractivity contribution in [2.24, 2.45) is 0 Å². The summed E-state index contributed by atoms with van der Waals surface area (Å²) >= 11 is 0. The lowest BCUT2D eigenvalue weighted by Crippen LogP contribution is -1.98. The maximum atomic E-state index is 13.1. The smallest absolute Gasteiger partial charge is 0.322 e. The van der Waals surface area contributed by atoms with E-state index in [4.69, 9.17) is 4.74 Å². The minimum Gasteiger partial charge on any atom is -0.424 e. The Morgan fingerprint density at radius 2 is 1.59 bits per heavy atom. The molecule has 0 spiro atoms. The van der Waals surface area contributed by atoms with E-state index in [2.05, 4.69) is 25.5 Å². The maximum Gasteiger partial charge on any atom is 0.322 e. The largest absolute Gasteiger partial charge is 0.424 e. The van der Waals surface area contributed by atoms with Crippen molar-refractivity contribution >= 4 is 11.5 Å². The number of hydrogen-bond acceptors (Lipinski definition) is 6. The van der Waals surface area contributed by atoms with Crippen LogP contribution < -0.4 is 10.1 Å². The maximum absolute atomic E-state index is 13.1. The third-order valence-corrected chi connectivity index (χ3v) is 4.08. The summed E-state index contributed by atoms with van der Waals surface area (Å²) in [6.07, 6.45) is 0. The van der Waals surface area contributed by atoms with Gasteiger partial charge in [-0.3, -0.25) is 0 Å². The summed E-state index contributed by atoms with van der Waals surface area (Å²) in [4.78, 5) is 8.57. The first-order valence-corrected chi connectivity index (χ1v) is 9.02. The van der Waals surface area contributed by atoms with Crippen molar-refractivity contribution in [1.82, 2.24) is 20.2 Å². The number of aryl methyl sites for hydroxylation is 2. The fraction of sp³-hybridized carbons (Fsp3) is 0.0909. The summed E-state index contributed by atoms with van der Waals surface area (Å²) in [5.74, 6) is 0.903. The van der Waals surface area contributed by atoms with Crippen LogP contribution in [0, 0.1) is 19.7 Å². The summed E-state index contributed by atoms with van der Waals surface area (Å²) in [6.45, 7) is 3.79. The molecule has 6 nitrogen and oxygen atoms in total. The fourth-order valence-electron chi connectivity index (χ4n) is 2.80. The van der Waals surface area contributed by atoms with Crippen LogP contribution >= 0.6 is 0 Å². The van der Waals surface area contributed by atoms with Crippen LogP contribution in [0.3, 0.4) is 0 Å². The second-order valence-corrected chi connectivity index (χ2v) is 6.50. The number of halogens is 1. The molecule has 0 aliphatic carbocycles. The quantitative estimate of drug-likeness (QED) is 0.506. The van der Waals surface area contributed by atoms with E-state index in [1.807, 2.05) is 56.3 Å². The van der Waals surface area contributed by atoms with E-state index >= 15 is 0 Å². The number of benzene rings is 2. The van der Waals surface area contributed by atoms with E-state index in [1.54, 1.807) is 12.1 Å². The van der Waals surface area contributed by atoms with Crippen molar-refractivity contribution < 1.29 is 9.13 Å². The molecule has 0 saturated carbocycles. The molecule has 0 aliphatic heterocycles. The lowest BCUT2D eigenvalue weighted by atomic mass is 10.1. The zero-order valence-corrected chi connectivity index (χ0v) is 15.9. The average Bonchev–Trinajstić information content (AvgIpc) is 2.69. The summed E-state index contributed by atoms with van der Waals surface area (Å²) in [5.41, 5.74) is 3.95. The van der Waals surface area contributed by atoms with E-state index in [9.17, 15) is 4.39 Å². The summed E-state index contributed by atoms with van der Waals surface area (Å²) in [7, 11) is 0. The molecule has 144 valence electrons. The Labute approximate surface area is 167 Å². The van der Waals surface area contributed by atoms with Crippen LogP contribution in [-0.4, -0.2) is 20.2 Å². The molecule has 0 radical (unpaired) electrons. The van der Waals surface area contributed by atoms with Gasteiger partial charge in [-0.1, -0.05) is 6.07 Å². The van der Waals surface area contributed by atoms with Crippen molar-refractivity contribution in [2.45, 2.75) is 13.8 Å². The highest BCUT2D eigenvalue weighted by molar-refractivity contribution is 5.62. The zero-order valence-electron chi connectivity index (χ0n) is 15.9. The highest BCUT2D eigenvalue weighted by Gasteiger charge is 2.06. The van der Waals surface area contributed by atoms with Crippen molar-refractivity contribution in [2.75, 3.05) is 5.32 Å². The van der Waals surface area contributed by atoms with Gasteiger partial charge in [-0.05, 0) is 68.4 Å². The van der Waals surface area contributed by atoms with Crippen molar-refractivity contribution in [3.8, 4) is 23.0 Å². The number of nitrogens with one attached hydrogen (secondary N) is 1. The molecule has 0 saturated heterocycles. The summed E-state index contributed by atoms with van der Waals surface area (Å²) in [5, 5.41) is 11.6. The molecular weight excluding hydrogens is 369 g/mol. The van der Waals surface area contributed by atoms with Crippen LogP contribution in [-0.2, 0) is 0 Å². The van der Waals surface area contributed by atoms with Gasteiger partial charge in [-0.15, -0.1) is 10.2 Å². The molecule has 2 aromatic carbocycles. The van der Waals surface area contributed by atoms with Crippen LogP contribution in [0.5, 0.6) is 11.8 Å². The monoisotopic (exact) mass is 387 g/mol. The Morgan fingerprint density at radius 1 is 0.828 bits per heavy atom. The summed E-state index contributed by atoms with van der Waals surface area (Å²) < 4.78 is 18.8. The molecule has 7 heteroatoms. The third-order valence-electron chi connectivity index (χ3n) is 4.08. The molecule has 0 bridgehead atoms. The highest BCUT2D eigenvalue weighted by Crippen LogP contribution is 2.24. The topological polar surface area (TPSA) is 72.8 Å². The Balaban J connectivity index is 1.48. The van der Waals surface area contributed by atoms with Crippen LogP contribution in [0.4, 0.5) is 15.9 Å². The molecule has 2 heterocycles. The Hall–Kier alpha value is -3.87. The Morgan fingerprint density at radius 3 is 2.28 bits per heavy atom. The van der Waals surface area contributed by atoms with E-state index in [0.717, 1.165) is 22.6 Å². The van der Waals surface area contributed by atoms with Crippen LogP contribution in [0.2, 0.25) is 0 Å². The fourth-order valence-corrected chi connectivity index (χ4v) is 2.80. The van der Waals surface area contributed by atoms with Gasteiger partial charge in [0.25, 0.3) is 0 Å². The number of anilines is 2. The lowest BCUT2D eigenvalue weighted by molar-refractivity contribution is 0.439. The van der Waals surface area contributed by atoms with Crippen LogP contribution in [0.25, 0.3) is 11.3 Å². The standard InChI is InChI=1S/C22H18FN5O/c1-14-12-15(2)25-22(24-14)29-19-5-3-4-18(13-19)26-21-11-10-20(27-28-21)16-6-8-17(23)9-7-16/h3-13H,1-2H3,(H,26,28). The van der Waals surface area contributed by atoms with Gasteiger partial charge in [0, 0.05) is 28.7 Å². The van der Waals surface area contributed by atoms with Gasteiger partial charge in [0.1, 0.15) is 11.6 Å². The predicted molar refractivity (Wildman–Crippen MR) is 109 cm³/mol. The third kappa shape index (κ3) is 4.70. The van der Waals surface area contributed by atoms with E-state index in [0.29, 0.717) is 23.3 Å². The zero-order chi connectivity index (χ0) is 20.2. The molecule has 1 N–H and O–H groups in total. The molecule has 0 atom stereocenters. The van der Waals surface area contributed by atoms with Gasteiger partial charge < -0.3 is 10.1 Å². The van der Waals surface area contributed by atoms with Gasteiger partial charge in [-0.25, -0.2) is 14.4 Å². The molecule has 0 fully saturated rings. The molecule has 29 heavy (non-hydrogen) atoms. The van der Waals surface area contributed by atoms with Gasteiger partial charge in [0.05, 0.1) is 5.69 Å². The van der Waals surface area contributed by atoms with Crippen LogP contribution in [0.1, 0.15) is 11.4 Å². The second-order valence-electron chi connectivity index (χ2n) is 6.50. The number of nitrogens with zero attached hydrogens (tertiary/aromatic N) is 4. The predicted octanol–water partition coefficient (Wildman–Crippen LogP) is 5.23. The van der Waals surface area contributed by atoms with E-state index < -0.39 is 0 Å². The normalized spacial score (nSPS) is 10.6. The van der Waals surface area contributed by atoms with Gasteiger partial charge >= 0.3 is 6.01 Å². The van der Waals surface area contributed by atoms with Crippen molar-refractivity contribution in [3.63, 3.8) is 0 Å². The number of rotatable bonds is 5. The van der Waals surface area contributed by atoms with Crippen molar-refractivity contribution in [3.05, 3.63) is 83.9 Å². The van der Waals surface area contributed by atoms with E-state index in [-0.39, 0.29) is 5.82 Å².